The number of primary sulfonamides is 1. The lowest BCUT2D eigenvalue weighted by atomic mass is 10.1. The summed E-state index contributed by atoms with van der Waals surface area (Å²) in [4.78, 5) is -0.0584. The molecule has 0 unspecified atom stereocenters. The number of sulfonamides is 1. The molecule has 0 aromatic heterocycles. The summed E-state index contributed by atoms with van der Waals surface area (Å²) in [6.07, 6.45) is 0. The lowest BCUT2D eigenvalue weighted by Gasteiger charge is -2.11. The topological polar surface area (TPSA) is 72.2 Å². The van der Waals surface area contributed by atoms with E-state index in [2.05, 4.69) is 5.32 Å². The van der Waals surface area contributed by atoms with Gasteiger partial charge in [-0.15, -0.1) is 0 Å². The molecule has 1 aromatic carbocycles. The molecule has 0 radical (unpaired) electrons. The highest BCUT2D eigenvalue weighted by Crippen LogP contribution is 2.18. The molecule has 0 bridgehead atoms. The first-order chi connectivity index (χ1) is 7.71. The fraction of sp³-hybridized carbons (Fsp3) is 0.455. The maximum Gasteiger partial charge on any atom is 0.238 e. The number of hydrogen-bond acceptors (Lipinski definition) is 3. The number of hydrogen-bond donors (Lipinski definition) is 2. The van der Waals surface area contributed by atoms with Crippen molar-refractivity contribution in [3.63, 3.8) is 0 Å². The molecule has 3 N–H and O–H groups in total. The van der Waals surface area contributed by atoms with E-state index in [4.69, 9.17) is 5.14 Å². The Bertz CT molecular complexity index is 512. The number of aryl methyl sites for hydroxylation is 1. The van der Waals surface area contributed by atoms with Gasteiger partial charge in [0.25, 0.3) is 0 Å². The van der Waals surface area contributed by atoms with E-state index in [0.717, 1.165) is 0 Å². The van der Waals surface area contributed by atoms with Gasteiger partial charge in [0, 0.05) is 18.2 Å². The van der Waals surface area contributed by atoms with Crippen LogP contribution in [-0.2, 0) is 16.6 Å². The minimum absolute atomic E-state index is 0.0584. The highest BCUT2D eigenvalue weighted by molar-refractivity contribution is 7.89. The monoisotopic (exact) mass is 260 g/mol. The number of halogens is 1. The fourth-order valence-electron chi connectivity index (χ4n) is 1.41. The van der Waals surface area contributed by atoms with E-state index in [0.29, 0.717) is 5.56 Å². The van der Waals surface area contributed by atoms with Crippen LogP contribution >= 0.6 is 0 Å². The van der Waals surface area contributed by atoms with E-state index in [1.165, 1.54) is 19.1 Å². The molecule has 4 nitrogen and oxygen atoms in total. The van der Waals surface area contributed by atoms with Crippen LogP contribution in [-0.4, -0.2) is 14.5 Å². The van der Waals surface area contributed by atoms with Crippen LogP contribution < -0.4 is 10.5 Å². The molecule has 0 spiro atoms. The van der Waals surface area contributed by atoms with Crippen LogP contribution in [0.4, 0.5) is 4.39 Å². The Morgan fingerprint density at radius 2 is 2.00 bits per heavy atom. The molecule has 0 amide bonds. The van der Waals surface area contributed by atoms with Gasteiger partial charge in [-0.05, 0) is 24.6 Å². The summed E-state index contributed by atoms with van der Waals surface area (Å²) in [6, 6.07) is 2.70. The van der Waals surface area contributed by atoms with Gasteiger partial charge in [-0.3, -0.25) is 0 Å². The molecule has 0 aliphatic carbocycles. The molecule has 0 fully saturated rings. The Kier molecular flexibility index (Phi) is 4.24. The second-order valence-corrected chi connectivity index (χ2v) is 5.86. The van der Waals surface area contributed by atoms with Gasteiger partial charge in [-0.1, -0.05) is 13.8 Å². The lowest BCUT2D eigenvalue weighted by molar-refractivity contribution is 0.547. The Morgan fingerprint density at radius 3 is 2.47 bits per heavy atom. The molecule has 17 heavy (non-hydrogen) atoms. The zero-order chi connectivity index (χ0) is 13.2. The third-order valence-electron chi connectivity index (χ3n) is 2.33. The summed E-state index contributed by atoms with van der Waals surface area (Å²) in [5, 5.41) is 8.06. The zero-order valence-electron chi connectivity index (χ0n) is 10.1. The van der Waals surface area contributed by atoms with Gasteiger partial charge in [0.1, 0.15) is 5.82 Å². The van der Waals surface area contributed by atoms with Crippen molar-refractivity contribution in [2.24, 2.45) is 5.14 Å². The zero-order valence-corrected chi connectivity index (χ0v) is 10.9. The summed E-state index contributed by atoms with van der Waals surface area (Å²) in [5.74, 6) is -0.398. The van der Waals surface area contributed by atoms with Crippen LogP contribution in [0, 0.1) is 12.7 Å². The molecule has 6 heteroatoms. The van der Waals surface area contributed by atoms with E-state index < -0.39 is 15.8 Å². The van der Waals surface area contributed by atoms with Gasteiger partial charge < -0.3 is 5.32 Å². The van der Waals surface area contributed by atoms with Crippen LogP contribution in [0.1, 0.15) is 25.0 Å². The largest absolute Gasteiger partial charge is 0.310 e. The Hall–Kier alpha value is -0.980. The van der Waals surface area contributed by atoms with Crippen molar-refractivity contribution in [3.05, 3.63) is 29.1 Å². The highest BCUT2D eigenvalue weighted by Gasteiger charge is 2.14. The molecular formula is C11H17FN2O2S. The number of rotatable bonds is 4. The lowest BCUT2D eigenvalue weighted by Crippen LogP contribution is -2.23. The Morgan fingerprint density at radius 1 is 1.41 bits per heavy atom. The first-order valence-corrected chi connectivity index (χ1v) is 6.81. The van der Waals surface area contributed by atoms with Gasteiger partial charge in [0.15, 0.2) is 0 Å². The van der Waals surface area contributed by atoms with E-state index >= 15 is 0 Å². The summed E-state index contributed by atoms with van der Waals surface area (Å²) in [5.41, 5.74) is 0.583. The fourth-order valence-corrected chi connectivity index (χ4v) is 2.06. The van der Waals surface area contributed by atoms with Crippen molar-refractivity contribution in [2.75, 3.05) is 0 Å². The summed E-state index contributed by atoms with van der Waals surface area (Å²) >= 11 is 0. The normalized spacial score (nSPS) is 12.1. The Balaban J connectivity index is 3.16. The van der Waals surface area contributed by atoms with E-state index in [9.17, 15) is 12.8 Å². The standard InChI is InChI=1S/C11H17FN2O2S/c1-7(2)14-6-9-5-10(17(13,15)16)4-8(3)11(9)12/h4-5,7,14H,6H2,1-3H3,(H2,13,15,16). The average Bonchev–Trinajstić information content (AvgIpc) is 2.18. The molecule has 0 saturated heterocycles. The van der Waals surface area contributed by atoms with Crippen molar-refractivity contribution in [1.29, 1.82) is 0 Å². The molecule has 0 saturated carbocycles. The number of nitrogens with one attached hydrogen (secondary N) is 1. The number of benzene rings is 1. The van der Waals surface area contributed by atoms with Crippen LogP contribution in [0.3, 0.4) is 0 Å². The van der Waals surface area contributed by atoms with Crippen molar-refractivity contribution in [3.8, 4) is 0 Å². The van der Waals surface area contributed by atoms with E-state index in [1.807, 2.05) is 13.8 Å². The van der Waals surface area contributed by atoms with Crippen molar-refractivity contribution >= 4 is 10.0 Å². The maximum absolute atomic E-state index is 13.7. The Labute approximate surface area is 101 Å². The van der Waals surface area contributed by atoms with Gasteiger partial charge in [0.05, 0.1) is 4.90 Å². The second kappa shape index (κ2) is 5.12. The van der Waals surface area contributed by atoms with E-state index in [-0.39, 0.29) is 23.0 Å². The molecule has 0 heterocycles. The van der Waals surface area contributed by atoms with Crippen LogP contribution in [0.2, 0.25) is 0 Å². The second-order valence-electron chi connectivity index (χ2n) is 4.29. The predicted octanol–water partition coefficient (Wildman–Crippen LogP) is 1.28. The van der Waals surface area contributed by atoms with Crippen LogP contribution in [0.5, 0.6) is 0 Å². The molecule has 1 rings (SSSR count). The molecule has 0 aliphatic heterocycles. The molecular weight excluding hydrogens is 243 g/mol. The maximum atomic E-state index is 13.7. The van der Waals surface area contributed by atoms with Gasteiger partial charge in [0.2, 0.25) is 10.0 Å². The molecule has 0 aliphatic rings. The summed E-state index contributed by atoms with van der Waals surface area (Å²) in [7, 11) is -3.80. The van der Waals surface area contributed by atoms with E-state index in [1.54, 1.807) is 0 Å². The smallest absolute Gasteiger partial charge is 0.238 e. The molecule has 0 atom stereocenters. The first-order valence-electron chi connectivity index (χ1n) is 5.27. The average molecular weight is 260 g/mol. The van der Waals surface area contributed by atoms with Crippen LogP contribution in [0.25, 0.3) is 0 Å². The van der Waals surface area contributed by atoms with Gasteiger partial charge in [-0.25, -0.2) is 17.9 Å². The molecule has 1 aromatic rings. The van der Waals surface area contributed by atoms with Crippen molar-refractivity contribution < 1.29 is 12.8 Å². The third-order valence-corrected chi connectivity index (χ3v) is 3.23. The number of nitrogens with two attached hydrogens (primary N) is 1. The predicted molar refractivity (Wildman–Crippen MR) is 64.5 cm³/mol. The summed E-state index contributed by atoms with van der Waals surface area (Å²) < 4.78 is 36.2. The molecule has 96 valence electrons. The SMILES string of the molecule is Cc1cc(S(N)(=O)=O)cc(CNC(C)C)c1F. The first kappa shape index (κ1) is 14.1. The van der Waals surface area contributed by atoms with Gasteiger partial charge in [-0.2, -0.15) is 0 Å². The third kappa shape index (κ3) is 3.76. The minimum Gasteiger partial charge on any atom is -0.310 e. The quantitative estimate of drug-likeness (QED) is 0.856. The van der Waals surface area contributed by atoms with Crippen molar-refractivity contribution in [2.45, 2.75) is 38.3 Å². The summed E-state index contributed by atoms with van der Waals surface area (Å²) in [6.45, 7) is 5.64. The van der Waals surface area contributed by atoms with Gasteiger partial charge >= 0.3 is 0 Å². The van der Waals surface area contributed by atoms with Crippen molar-refractivity contribution in [1.82, 2.24) is 5.32 Å². The minimum atomic E-state index is -3.80. The van der Waals surface area contributed by atoms with Crippen LogP contribution in [0.15, 0.2) is 17.0 Å². The highest BCUT2D eigenvalue weighted by atomic mass is 32.2.